The average Bonchev–Trinajstić information content (AvgIpc) is 3.28. The maximum absolute atomic E-state index is 12.8. The topological polar surface area (TPSA) is 52.6 Å². The molecule has 36 heavy (non-hydrogen) atoms. The Morgan fingerprint density at radius 3 is 2.53 bits per heavy atom. The normalized spacial score (nSPS) is 16.5. The minimum Gasteiger partial charge on any atom is -0.352 e. The number of likely N-dealkylation sites (N-methyl/N-ethyl adjacent to an activating group) is 1. The Morgan fingerprint density at radius 1 is 0.972 bits per heavy atom. The number of carbonyl (C=O) groups is 1. The molecule has 192 valence electrons. The second-order valence-corrected chi connectivity index (χ2v) is 11.2. The smallest absolute Gasteiger partial charge is 0.222 e. The van der Waals surface area contributed by atoms with Crippen LogP contribution in [0.2, 0.25) is 0 Å². The largest absolute Gasteiger partial charge is 0.352 e. The van der Waals surface area contributed by atoms with Crippen LogP contribution in [-0.2, 0) is 24.2 Å². The Morgan fingerprint density at radius 2 is 1.78 bits per heavy atom. The van der Waals surface area contributed by atoms with Crippen LogP contribution in [0.3, 0.4) is 0 Å². The molecule has 0 saturated carbocycles. The molecule has 1 amide bonds. The number of amides is 1. The molecule has 0 spiro atoms. The van der Waals surface area contributed by atoms with E-state index >= 15 is 0 Å². The molecular formula is C29H39N5OS. The van der Waals surface area contributed by atoms with E-state index in [9.17, 15) is 4.79 Å². The Hall–Kier alpha value is -2.51. The van der Waals surface area contributed by atoms with Gasteiger partial charge in [-0.15, -0.1) is 11.3 Å². The number of piperazine rings is 1. The molecule has 1 fully saturated rings. The number of hydrogen-bond donors (Lipinski definition) is 0. The van der Waals surface area contributed by atoms with Crippen molar-refractivity contribution in [2.45, 2.75) is 65.3 Å². The molecule has 2 aliphatic heterocycles. The summed E-state index contributed by atoms with van der Waals surface area (Å²) in [5.74, 6) is 2.29. The van der Waals surface area contributed by atoms with Gasteiger partial charge >= 0.3 is 0 Å². The Bertz CT molecular complexity index is 1170. The van der Waals surface area contributed by atoms with Crippen LogP contribution in [0.1, 0.15) is 67.8 Å². The van der Waals surface area contributed by atoms with Crippen molar-refractivity contribution >= 4 is 33.3 Å². The molecule has 5 rings (SSSR count). The number of nitrogens with zero attached hydrogens (tertiary/aromatic N) is 5. The first-order valence-corrected chi connectivity index (χ1v) is 14.6. The first-order chi connectivity index (χ1) is 17.7. The van der Waals surface area contributed by atoms with Gasteiger partial charge in [-0.05, 0) is 30.5 Å². The third-order valence-corrected chi connectivity index (χ3v) is 8.75. The number of rotatable bonds is 9. The number of unbranched alkanes of at least 4 members (excludes halogenated alkanes) is 3. The van der Waals surface area contributed by atoms with Gasteiger partial charge in [-0.1, -0.05) is 63.4 Å². The maximum Gasteiger partial charge on any atom is 0.222 e. The molecule has 0 N–H and O–H groups in total. The molecule has 7 heteroatoms. The van der Waals surface area contributed by atoms with Gasteiger partial charge in [0.2, 0.25) is 5.91 Å². The van der Waals surface area contributed by atoms with Crippen LogP contribution in [-0.4, -0.2) is 64.9 Å². The molecule has 0 bridgehead atoms. The predicted molar refractivity (Wildman–Crippen MR) is 149 cm³/mol. The number of hydrogen-bond acceptors (Lipinski definition) is 6. The molecule has 3 aromatic rings. The van der Waals surface area contributed by atoms with Gasteiger partial charge < -0.3 is 9.80 Å². The van der Waals surface area contributed by atoms with Crippen molar-refractivity contribution in [2.75, 3.05) is 44.2 Å². The molecule has 6 nitrogen and oxygen atoms in total. The molecule has 0 aliphatic carbocycles. The van der Waals surface area contributed by atoms with E-state index in [-0.39, 0.29) is 0 Å². The molecule has 0 radical (unpaired) electrons. The van der Waals surface area contributed by atoms with E-state index in [0.29, 0.717) is 12.3 Å². The zero-order valence-electron chi connectivity index (χ0n) is 21.8. The van der Waals surface area contributed by atoms with Gasteiger partial charge in [-0.25, -0.2) is 9.97 Å². The lowest BCUT2D eigenvalue weighted by Gasteiger charge is -2.36. The zero-order chi connectivity index (χ0) is 24.9. The number of benzene rings is 1. The molecule has 0 atom stereocenters. The Kier molecular flexibility index (Phi) is 8.17. The fraction of sp³-hybridized carbons (Fsp3) is 0.552. The highest BCUT2D eigenvalue weighted by Crippen LogP contribution is 2.39. The third-order valence-electron chi connectivity index (χ3n) is 7.63. The third kappa shape index (κ3) is 5.57. The van der Waals surface area contributed by atoms with Gasteiger partial charge in [0.05, 0.1) is 5.39 Å². The van der Waals surface area contributed by atoms with Crippen LogP contribution in [0.25, 0.3) is 10.2 Å². The van der Waals surface area contributed by atoms with Crippen LogP contribution < -0.4 is 4.90 Å². The van der Waals surface area contributed by atoms with Crippen LogP contribution in [0.15, 0.2) is 30.3 Å². The number of fused-ring (bicyclic) bond motifs is 3. The molecule has 1 saturated heterocycles. The van der Waals surface area contributed by atoms with Crippen molar-refractivity contribution in [3.8, 4) is 0 Å². The lowest BCUT2D eigenvalue weighted by Crippen LogP contribution is -2.49. The standard InChI is InChI=1S/C29H39N5OS/c1-3-5-6-10-13-26(35)33-16-18-34(19-17-33)28-27-23-14-15-32(4-2)21-24(23)36-29(27)31-25(30-28)20-22-11-8-7-9-12-22/h7-9,11-12H,3-6,10,13-21H2,1-2H3. The molecule has 2 aromatic heterocycles. The zero-order valence-corrected chi connectivity index (χ0v) is 22.7. The van der Waals surface area contributed by atoms with Crippen molar-refractivity contribution in [3.05, 3.63) is 52.2 Å². The lowest BCUT2D eigenvalue weighted by atomic mass is 10.0. The summed E-state index contributed by atoms with van der Waals surface area (Å²) in [4.78, 5) is 32.6. The van der Waals surface area contributed by atoms with Crippen LogP contribution in [0, 0.1) is 0 Å². The molecule has 4 heterocycles. The summed E-state index contributed by atoms with van der Waals surface area (Å²) >= 11 is 1.86. The van der Waals surface area contributed by atoms with E-state index in [1.807, 2.05) is 11.3 Å². The fourth-order valence-electron chi connectivity index (χ4n) is 5.46. The van der Waals surface area contributed by atoms with Crippen molar-refractivity contribution in [2.24, 2.45) is 0 Å². The molecule has 1 aromatic carbocycles. The van der Waals surface area contributed by atoms with Crippen LogP contribution in [0.5, 0.6) is 0 Å². The van der Waals surface area contributed by atoms with E-state index in [1.165, 1.54) is 34.2 Å². The summed E-state index contributed by atoms with van der Waals surface area (Å²) in [6.45, 7) is 10.9. The Balaban J connectivity index is 1.39. The summed E-state index contributed by atoms with van der Waals surface area (Å²) in [5, 5.41) is 1.27. The summed E-state index contributed by atoms with van der Waals surface area (Å²) < 4.78 is 0. The van der Waals surface area contributed by atoms with Gasteiger partial charge in [-0.2, -0.15) is 0 Å². The van der Waals surface area contributed by atoms with Gasteiger partial charge in [0, 0.05) is 57.0 Å². The lowest BCUT2D eigenvalue weighted by molar-refractivity contribution is -0.131. The quantitative estimate of drug-likeness (QED) is 0.371. The van der Waals surface area contributed by atoms with E-state index in [2.05, 4.69) is 58.9 Å². The van der Waals surface area contributed by atoms with Crippen LogP contribution >= 0.6 is 11.3 Å². The SMILES string of the molecule is CCCCCCC(=O)N1CCN(c2nc(Cc3ccccc3)nc3sc4c(c23)CCN(CC)C4)CC1. The average molecular weight is 506 g/mol. The monoisotopic (exact) mass is 505 g/mol. The van der Waals surface area contributed by atoms with E-state index < -0.39 is 0 Å². The first kappa shape index (κ1) is 25.2. The Labute approximate surface area is 219 Å². The second-order valence-electron chi connectivity index (χ2n) is 10.1. The molecular weight excluding hydrogens is 466 g/mol. The summed E-state index contributed by atoms with van der Waals surface area (Å²) in [6, 6.07) is 10.5. The van der Waals surface area contributed by atoms with Gasteiger partial charge in [0.15, 0.2) is 0 Å². The summed E-state index contributed by atoms with van der Waals surface area (Å²) in [5.41, 5.74) is 2.69. The summed E-state index contributed by atoms with van der Waals surface area (Å²) in [7, 11) is 0. The van der Waals surface area contributed by atoms with E-state index in [0.717, 1.165) is 88.0 Å². The van der Waals surface area contributed by atoms with Crippen molar-refractivity contribution in [3.63, 3.8) is 0 Å². The fourth-order valence-corrected chi connectivity index (χ4v) is 6.73. The number of aromatic nitrogens is 2. The van der Waals surface area contributed by atoms with E-state index in [1.54, 1.807) is 0 Å². The van der Waals surface area contributed by atoms with Crippen LogP contribution in [0.4, 0.5) is 5.82 Å². The number of thiophene rings is 1. The number of anilines is 1. The second kappa shape index (κ2) is 11.7. The van der Waals surface area contributed by atoms with Gasteiger partial charge in [-0.3, -0.25) is 9.69 Å². The van der Waals surface area contributed by atoms with Crippen molar-refractivity contribution < 1.29 is 4.79 Å². The molecule has 0 unspecified atom stereocenters. The minimum absolute atomic E-state index is 0.316. The highest BCUT2D eigenvalue weighted by molar-refractivity contribution is 7.19. The highest BCUT2D eigenvalue weighted by Gasteiger charge is 2.28. The first-order valence-electron chi connectivity index (χ1n) is 13.8. The minimum atomic E-state index is 0.316. The molecule has 2 aliphatic rings. The highest BCUT2D eigenvalue weighted by atomic mass is 32.1. The summed E-state index contributed by atoms with van der Waals surface area (Å²) in [6.07, 6.45) is 7.08. The van der Waals surface area contributed by atoms with Gasteiger partial charge in [0.25, 0.3) is 0 Å². The van der Waals surface area contributed by atoms with Gasteiger partial charge in [0.1, 0.15) is 16.5 Å². The maximum atomic E-state index is 12.8. The van der Waals surface area contributed by atoms with Crippen molar-refractivity contribution in [1.82, 2.24) is 19.8 Å². The van der Waals surface area contributed by atoms with Crippen molar-refractivity contribution in [1.29, 1.82) is 0 Å². The van der Waals surface area contributed by atoms with E-state index in [4.69, 9.17) is 9.97 Å². The number of carbonyl (C=O) groups excluding carboxylic acids is 1. The predicted octanol–water partition coefficient (Wildman–Crippen LogP) is 5.28.